The van der Waals surface area contributed by atoms with Gasteiger partial charge in [-0.05, 0) is 42.2 Å². The van der Waals surface area contributed by atoms with E-state index < -0.39 is 0 Å². The monoisotopic (exact) mass is 384 g/mol. The normalized spacial score (nSPS) is 18.3. The van der Waals surface area contributed by atoms with Crippen LogP contribution in [0.15, 0.2) is 48.5 Å². The van der Waals surface area contributed by atoms with Gasteiger partial charge in [0.2, 0.25) is 0 Å². The molecule has 0 unspecified atom stereocenters. The van der Waals surface area contributed by atoms with Crippen molar-refractivity contribution in [1.29, 1.82) is 0 Å². The van der Waals surface area contributed by atoms with Gasteiger partial charge in [-0.2, -0.15) is 0 Å². The van der Waals surface area contributed by atoms with Gasteiger partial charge in [-0.15, -0.1) is 0 Å². The van der Waals surface area contributed by atoms with Crippen LogP contribution in [0.3, 0.4) is 0 Å². The molecule has 3 rings (SSSR count). The molecule has 2 aromatic carbocycles. The highest BCUT2D eigenvalue weighted by molar-refractivity contribution is 5.27. The molecule has 5 nitrogen and oxygen atoms in total. The standard InChI is InChI=1S/C23H32N2O3/c1-19-4-2-3-5-21(19)17-25-12-11-24(18-22(25)10-13-26)16-20-6-8-23(9-7-20)28-15-14-27/h2-9,22,26-27H,10-18H2,1H3/t22-/m0/s1. The van der Waals surface area contributed by atoms with Gasteiger partial charge in [-0.25, -0.2) is 0 Å². The van der Waals surface area contributed by atoms with Gasteiger partial charge >= 0.3 is 0 Å². The summed E-state index contributed by atoms with van der Waals surface area (Å²) >= 11 is 0. The van der Waals surface area contributed by atoms with Gasteiger partial charge in [-0.3, -0.25) is 9.80 Å². The lowest BCUT2D eigenvalue weighted by molar-refractivity contribution is 0.0498. The second kappa shape index (κ2) is 10.6. The van der Waals surface area contributed by atoms with Gasteiger partial charge in [0.15, 0.2) is 0 Å². The van der Waals surface area contributed by atoms with Gasteiger partial charge in [0, 0.05) is 45.4 Å². The number of piperazine rings is 1. The van der Waals surface area contributed by atoms with E-state index in [9.17, 15) is 5.11 Å². The number of hydrogen-bond donors (Lipinski definition) is 2. The number of ether oxygens (including phenoxy) is 1. The average Bonchev–Trinajstić information content (AvgIpc) is 2.71. The van der Waals surface area contributed by atoms with Crippen LogP contribution >= 0.6 is 0 Å². The predicted molar refractivity (Wildman–Crippen MR) is 111 cm³/mol. The zero-order valence-electron chi connectivity index (χ0n) is 16.8. The molecular weight excluding hydrogens is 352 g/mol. The molecule has 0 spiro atoms. The molecule has 2 N–H and O–H groups in total. The zero-order chi connectivity index (χ0) is 19.8. The van der Waals surface area contributed by atoms with Crippen LogP contribution in [-0.2, 0) is 13.1 Å². The van der Waals surface area contributed by atoms with Crippen LogP contribution in [0.1, 0.15) is 23.1 Å². The Morgan fingerprint density at radius 2 is 1.75 bits per heavy atom. The Bertz CT molecular complexity index is 720. The minimum Gasteiger partial charge on any atom is -0.491 e. The molecule has 1 aliphatic heterocycles. The van der Waals surface area contributed by atoms with Gasteiger partial charge in [-0.1, -0.05) is 36.4 Å². The van der Waals surface area contributed by atoms with Crippen molar-refractivity contribution in [3.8, 4) is 5.75 Å². The second-order valence-electron chi connectivity index (χ2n) is 7.51. The quantitative estimate of drug-likeness (QED) is 0.696. The molecular formula is C23H32N2O3. The lowest BCUT2D eigenvalue weighted by Gasteiger charge is -2.41. The van der Waals surface area contributed by atoms with E-state index in [0.717, 1.165) is 44.9 Å². The Hall–Kier alpha value is -1.92. The molecule has 0 bridgehead atoms. The Labute approximate surface area is 168 Å². The van der Waals surface area contributed by atoms with Gasteiger partial charge < -0.3 is 14.9 Å². The van der Waals surface area contributed by atoms with Crippen LogP contribution < -0.4 is 4.74 Å². The molecule has 0 aromatic heterocycles. The van der Waals surface area contributed by atoms with E-state index in [1.165, 1.54) is 16.7 Å². The first-order chi connectivity index (χ1) is 13.7. The smallest absolute Gasteiger partial charge is 0.119 e. The number of aryl methyl sites for hydroxylation is 1. The van der Waals surface area contributed by atoms with Crippen LogP contribution in [0.4, 0.5) is 0 Å². The number of aliphatic hydroxyl groups is 2. The molecule has 0 amide bonds. The van der Waals surface area contributed by atoms with Crippen molar-refractivity contribution in [3.63, 3.8) is 0 Å². The molecule has 1 fully saturated rings. The van der Waals surface area contributed by atoms with Gasteiger partial charge in [0.25, 0.3) is 0 Å². The molecule has 0 radical (unpaired) electrons. The highest BCUT2D eigenvalue weighted by Crippen LogP contribution is 2.20. The third-order valence-electron chi connectivity index (χ3n) is 5.48. The maximum Gasteiger partial charge on any atom is 0.119 e. The topological polar surface area (TPSA) is 56.2 Å². The van der Waals surface area contributed by atoms with Crippen molar-refractivity contribution in [1.82, 2.24) is 9.80 Å². The highest BCUT2D eigenvalue weighted by Gasteiger charge is 2.26. The van der Waals surface area contributed by atoms with E-state index in [4.69, 9.17) is 9.84 Å². The third-order valence-corrected chi connectivity index (χ3v) is 5.48. The minimum atomic E-state index is 0.0286. The summed E-state index contributed by atoms with van der Waals surface area (Å²) in [4.78, 5) is 4.99. The Morgan fingerprint density at radius 3 is 2.46 bits per heavy atom. The lowest BCUT2D eigenvalue weighted by atomic mass is 10.0. The predicted octanol–water partition coefficient (Wildman–Crippen LogP) is 2.43. The fraction of sp³-hybridized carbons (Fsp3) is 0.478. The first-order valence-electron chi connectivity index (χ1n) is 10.1. The summed E-state index contributed by atoms with van der Waals surface area (Å²) in [6.45, 7) is 7.59. The largest absolute Gasteiger partial charge is 0.491 e. The summed E-state index contributed by atoms with van der Waals surface area (Å²) in [7, 11) is 0. The lowest BCUT2D eigenvalue weighted by Crippen LogP contribution is -2.52. The van der Waals surface area contributed by atoms with Crippen LogP contribution in [0.5, 0.6) is 5.75 Å². The molecule has 152 valence electrons. The van der Waals surface area contributed by atoms with E-state index in [1.54, 1.807) is 0 Å². The van der Waals surface area contributed by atoms with E-state index in [1.807, 2.05) is 12.1 Å². The molecule has 0 aliphatic carbocycles. The first-order valence-corrected chi connectivity index (χ1v) is 10.1. The van der Waals surface area contributed by atoms with Crippen LogP contribution in [0.2, 0.25) is 0 Å². The summed E-state index contributed by atoms with van der Waals surface area (Å²) in [5.74, 6) is 0.791. The molecule has 1 heterocycles. The number of hydrogen-bond acceptors (Lipinski definition) is 5. The summed E-state index contributed by atoms with van der Waals surface area (Å²) in [5.41, 5.74) is 3.96. The number of benzene rings is 2. The van der Waals surface area contributed by atoms with Crippen molar-refractivity contribution in [3.05, 3.63) is 65.2 Å². The molecule has 1 atom stereocenters. The molecule has 2 aromatic rings. The summed E-state index contributed by atoms with van der Waals surface area (Å²) in [6.07, 6.45) is 0.802. The molecule has 0 saturated carbocycles. The molecule has 1 saturated heterocycles. The van der Waals surface area contributed by atoms with Crippen LogP contribution in [0, 0.1) is 6.92 Å². The van der Waals surface area contributed by atoms with Crippen LogP contribution in [0.25, 0.3) is 0 Å². The number of nitrogens with zero attached hydrogens (tertiary/aromatic N) is 2. The van der Waals surface area contributed by atoms with Crippen molar-refractivity contribution < 1.29 is 14.9 Å². The van der Waals surface area contributed by atoms with Crippen molar-refractivity contribution in [2.45, 2.75) is 32.5 Å². The second-order valence-corrected chi connectivity index (χ2v) is 7.51. The maximum atomic E-state index is 9.56. The molecule has 28 heavy (non-hydrogen) atoms. The number of aliphatic hydroxyl groups excluding tert-OH is 2. The minimum absolute atomic E-state index is 0.0286. The molecule has 5 heteroatoms. The first kappa shape index (κ1) is 20.8. The Morgan fingerprint density at radius 1 is 0.964 bits per heavy atom. The highest BCUT2D eigenvalue weighted by atomic mass is 16.5. The summed E-state index contributed by atoms with van der Waals surface area (Å²) < 4.78 is 5.43. The summed E-state index contributed by atoms with van der Waals surface area (Å²) in [5, 5.41) is 18.4. The van der Waals surface area contributed by atoms with E-state index in [0.29, 0.717) is 12.6 Å². The van der Waals surface area contributed by atoms with E-state index in [-0.39, 0.29) is 13.2 Å². The van der Waals surface area contributed by atoms with E-state index in [2.05, 4.69) is 53.1 Å². The van der Waals surface area contributed by atoms with Crippen molar-refractivity contribution in [2.24, 2.45) is 0 Å². The van der Waals surface area contributed by atoms with Crippen molar-refractivity contribution in [2.75, 3.05) is 39.5 Å². The number of rotatable bonds is 9. The van der Waals surface area contributed by atoms with Gasteiger partial charge in [0.05, 0.1) is 6.61 Å². The third kappa shape index (κ3) is 5.79. The maximum absolute atomic E-state index is 9.56. The zero-order valence-corrected chi connectivity index (χ0v) is 16.8. The van der Waals surface area contributed by atoms with Crippen LogP contribution in [-0.4, -0.2) is 65.5 Å². The van der Waals surface area contributed by atoms with Crippen molar-refractivity contribution >= 4 is 0 Å². The fourth-order valence-electron chi connectivity index (χ4n) is 3.85. The summed E-state index contributed by atoms with van der Waals surface area (Å²) in [6, 6.07) is 17.0. The SMILES string of the molecule is Cc1ccccc1CN1CCN(Cc2ccc(OCCO)cc2)C[C@@H]1CCO. The van der Waals surface area contributed by atoms with E-state index >= 15 is 0 Å². The Balaban J connectivity index is 1.58. The molecule has 1 aliphatic rings. The fourth-order valence-corrected chi connectivity index (χ4v) is 3.85. The Kier molecular flexibility index (Phi) is 7.86. The average molecular weight is 385 g/mol. The van der Waals surface area contributed by atoms with Gasteiger partial charge in [0.1, 0.15) is 12.4 Å².